The summed E-state index contributed by atoms with van der Waals surface area (Å²) < 4.78 is 5.86. The molecule has 0 spiro atoms. The molecule has 0 aliphatic carbocycles. The van der Waals surface area contributed by atoms with Crippen molar-refractivity contribution in [1.82, 2.24) is 0 Å². The van der Waals surface area contributed by atoms with E-state index >= 15 is 0 Å². The zero-order valence-electron chi connectivity index (χ0n) is 15.9. The van der Waals surface area contributed by atoms with Gasteiger partial charge >= 0.3 is 5.97 Å². The molecule has 0 fully saturated rings. The summed E-state index contributed by atoms with van der Waals surface area (Å²) in [5.41, 5.74) is 3.31. The highest BCUT2D eigenvalue weighted by Crippen LogP contribution is 2.20. The Kier molecular flexibility index (Phi) is 8.19. The van der Waals surface area contributed by atoms with Crippen molar-refractivity contribution in [3.05, 3.63) is 58.1 Å². The van der Waals surface area contributed by atoms with Crippen LogP contribution < -0.4 is 10.6 Å². The van der Waals surface area contributed by atoms with E-state index in [1.165, 1.54) is 0 Å². The van der Waals surface area contributed by atoms with Gasteiger partial charge in [0.05, 0.1) is 6.42 Å². The van der Waals surface area contributed by atoms with Crippen molar-refractivity contribution >= 4 is 45.1 Å². The first-order valence-electron chi connectivity index (χ1n) is 8.98. The fraction of sp³-hybridized carbons (Fsp3) is 0.286. The van der Waals surface area contributed by atoms with Gasteiger partial charge in [-0.1, -0.05) is 41.1 Å². The Labute approximate surface area is 172 Å². The Morgan fingerprint density at radius 1 is 0.964 bits per heavy atom. The molecule has 0 atom stereocenters. The summed E-state index contributed by atoms with van der Waals surface area (Å²) in [5, 5.41) is 5.48. The fourth-order valence-electron chi connectivity index (χ4n) is 2.55. The van der Waals surface area contributed by atoms with Crippen LogP contribution in [-0.4, -0.2) is 24.4 Å². The highest BCUT2D eigenvalue weighted by atomic mass is 79.9. The number of hydrogen-bond acceptors (Lipinski definition) is 4. The van der Waals surface area contributed by atoms with Crippen LogP contribution in [0.25, 0.3) is 0 Å². The predicted molar refractivity (Wildman–Crippen MR) is 112 cm³/mol. The summed E-state index contributed by atoms with van der Waals surface area (Å²) in [6.45, 7) is 3.47. The molecule has 7 heteroatoms. The van der Waals surface area contributed by atoms with Gasteiger partial charge in [0.15, 0.2) is 6.61 Å². The van der Waals surface area contributed by atoms with Gasteiger partial charge in [0.25, 0.3) is 5.91 Å². The summed E-state index contributed by atoms with van der Waals surface area (Å²) in [4.78, 5) is 35.8. The van der Waals surface area contributed by atoms with Crippen LogP contribution in [0, 0.1) is 6.92 Å². The van der Waals surface area contributed by atoms with Crippen molar-refractivity contribution in [3.63, 3.8) is 0 Å². The lowest BCUT2D eigenvalue weighted by atomic mass is 10.1. The van der Waals surface area contributed by atoms with E-state index in [-0.39, 0.29) is 18.7 Å². The van der Waals surface area contributed by atoms with Crippen LogP contribution in [0.2, 0.25) is 0 Å². The minimum atomic E-state index is -0.596. The second kappa shape index (κ2) is 10.6. The molecular formula is C21H23BrN2O4. The zero-order chi connectivity index (χ0) is 20.5. The van der Waals surface area contributed by atoms with Gasteiger partial charge in [-0.15, -0.1) is 0 Å². The summed E-state index contributed by atoms with van der Waals surface area (Å²) in [7, 11) is 0. The van der Waals surface area contributed by atoms with Gasteiger partial charge in [-0.2, -0.15) is 0 Å². The van der Waals surface area contributed by atoms with Gasteiger partial charge in [0, 0.05) is 22.3 Å². The fourth-order valence-corrected chi connectivity index (χ4v) is 3.03. The number of para-hydroxylation sites is 1. The van der Waals surface area contributed by atoms with E-state index in [1.807, 2.05) is 50.2 Å². The lowest BCUT2D eigenvalue weighted by Crippen LogP contribution is -2.22. The lowest BCUT2D eigenvalue weighted by Gasteiger charge is -2.10. The van der Waals surface area contributed by atoms with E-state index in [9.17, 15) is 14.4 Å². The van der Waals surface area contributed by atoms with Crippen molar-refractivity contribution in [2.75, 3.05) is 17.2 Å². The molecule has 2 amide bonds. The molecule has 0 radical (unpaired) electrons. The van der Waals surface area contributed by atoms with Gasteiger partial charge in [-0.05, 0) is 48.7 Å². The second-order valence-corrected chi connectivity index (χ2v) is 7.14. The van der Waals surface area contributed by atoms with Gasteiger partial charge < -0.3 is 15.4 Å². The maximum absolute atomic E-state index is 12.0. The summed E-state index contributed by atoms with van der Waals surface area (Å²) >= 11 is 3.36. The van der Waals surface area contributed by atoms with Crippen LogP contribution in [0.5, 0.6) is 0 Å². The largest absolute Gasteiger partial charge is 0.456 e. The van der Waals surface area contributed by atoms with Crippen molar-refractivity contribution in [1.29, 1.82) is 0 Å². The first-order valence-corrected chi connectivity index (χ1v) is 9.77. The Morgan fingerprint density at radius 3 is 2.39 bits per heavy atom. The maximum atomic E-state index is 12.0. The number of anilines is 2. The average Bonchev–Trinajstić information content (AvgIpc) is 2.67. The second-order valence-electron chi connectivity index (χ2n) is 6.23. The van der Waals surface area contributed by atoms with E-state index in [0.29, 0.717) is 5.69 Å². The smallest absolute Gasteiger partial charge is 0.306 e. The van der Waals surface area contributed by atoms with Crippen LogP contribution in [0.1, 0.15) is 30.9 Å². The molecule has 0 aliphatic rings. The van der Waals surface area contributed by atoms with Crippen LogP contribution >= 0.6 is 15.9 Å². The predicted octanol–water partition coefficient (Wildman–Crippen LogP) is 4.22. The number of nitrogens with one attached hydrogen (secondary N) is 2. The normalized spacial score (nSPS) is 10.2. The number of amides is 2. The number of benzene rings is 2. The minimum Gasteiger partial charge on any atom is -0.456 e. The summed E-state index contributed by atoms with van der Waals surface area (Å²) in [6, 6.07) is 13.0. The van der Waals surface area contributed by atoms with Crippen molar-refractivity contribution < 1.29 is 19.1 Å². The topological polar surface area (TPSA) is 84.5 Å². The van der Waals surface area contributed by atoms with E-state index in [0.717, 1.165) is 27.7 Å². The van der Waals surface area contributed by atoms with E-state index < -0.39 is 18.5 Å². The number of rotatable bonds is 8. The molecule has 28 heavy (non-hydrogen) atoms. The third-order valence-corrected chi connectivity index (χ3v) is 4.55. The molecule has 2 aromatic carbocycles. The van der Waals surface area contributed by atoms with E-state index in [1.54, 1.807) is 6.07 Å². The number of esters is 1. The molecule has 0 saturated heterocycles. The molecule has 0 unspecified atom stereocenters. The third-order valence-electron chi connectivity index (χ3n) is 4.06. The standard InChI is InChI=1S/C21H23BrN2O4/c1-3-15-6-4-5-7-18(15)24-19(25)10-11-21(27)28-13-20(26)23-17-9-8-16(22)12-14(17)2/h4-9,12H,3,10-11,13H2,1-2H3,(H,23,26)(H,24,25). The first-order chi connectivity index (χ1) is 13.4. The SMILES string of the molecule is CCc1ccccc1NC(=O)CCC(=O)OCC(=O)Nc1ccc(Br)cc1C. The van der Waals surface area contributed by atoms with Crippen LogP contribution in [0.15, 0.2) is 46.9 Å². The summed E-state index contributed by atoms with van der Waals surface area (Å²) in [6.07, 6.45) is 0.695. The van der Waals surface area contributed by atoms with Gasteiger partial charge in [0.1, 0.15) is 0 Å². The van der Waals surface area contributed by atoms with Gasteiger partial charge in [-0.3, -0.25) is 14.4 Å². The number of aryl methyl sites for hydroxylation is 2. The highest BCUT2D eigenvalue weighted by molar-refractivity contribution is 9.10. The Hall–Kier alpha value is -2.67. The molecule has 0 bridgehead atoms. The van der Waals surface area contributed by atoms with E-state index in [4.69, 9.17) is 4.74 Å². The number of hydrogen-bond donors (Lipinski definition) is 2. The molecule has 148 valence electrons. The Morgan fingerprint density at radius 2 is 1.68 bits per heavy atom. The van der Waals surface area contributed by atoms with Crippen LogP contribution in [0.4, 0.5) is 11.4 Å². The zero-order valence-corrected chi connectivity index (χ0v) is 17.5. The maximum Gasteiger partial charge on any atom is 0.306 e. The minimum absolute atomic E-state index is 0.00960. The van der Waals surface area contributed by atoms with Crippen LogP contribution in [-0.2, 0) is 25.5 Å². The van der Waals surface area contributed by atoms with E-state index in [2.05, 4.69) is 26.6 Å². The molecule has 2 rings (SSSR count). The van der Waals surface area contributed by atoms with Gasteiger partial charge in [0.2, 0.25) is 5.91 Å². The quantitative estimate of drug-likeness (QED) is 0.594. The highest BCUT2D eigenvalue weighted by Gasteiger charge is 2.12. The number of halogens is 1. The molecule has 2 N–H and O–H groups in total. The molecule has 6 nitrogen and oxygen atoms in total. The van der Waals surface area contributed by atoms with Crippen LogP contribution in [0.3, 0.4) is 0 Å². The Bertz CT molecular complexity index is 867. The first kappa shape index (κ1) is 21.6. The van der Waals surface area contributed by atoms with Gasteiger partial charge in [-0.25, -0.2) is 0 Å². The molecule has 0 aromatic heterocycles. The molecule has 2 aromatic rings. The molecule has 0 saturated carbocycles. The monoisotopic (exact) mass is 446 g/mol. The number of carbonyl (C=O) groups is 3. The number of carbonyl (C=O) groups excluding carboxylic acids is 3. The number of ether oxygens (including phenoxy) is 1. The van der Waals surface area contributed by atoms with Crippen molar-refractivity contribution in [2.24, 2.45) is 0 Å². The molecule has 0 heterocycles. The molecular weight excluding hydrogens is 424 g/mol. The third kappa shape index (κ3) is 6.81. The Balaban J connectivity index is 1.73. The summed E-state index contributed by atoms with van der Waals surface area (Å²) in [5.74, 6) is -1.30. The van der Waals surface area contributed by atoms with Crippen molar-refractivity contribution in [3.8, 4) is 0 Å². The molecule has 0 aliphatic heterocycles. The van der Waals surface area contributed by atoms with Crippen molar-refractivity contribution in [2.45, 2.75) is 33.1 Å². The average molecular weight is 447 g/mol. The lowest BCUT2D eigenvalue weighted by molar-refractivity contribution is -0.147.